The van der Waals surface area contributed by atoms with Gasteiger partial charge in [0.2, 0.25) is 0 Å². The van der Waals surface area contributed by atoms with Crippen LogP contribution < -0.4 is 0 Å². The van der Waals surface area contributed by atoms with E-state index in [1.54, 1.807) is 0 Å². The third-order valence-corrected chi connectivity index (χ3v) is 2.04. The molecule has 0 saturated carbocycles. The Bertz CT molecular complexity index is 217. The number of ether oxygens (including phenoxy) is 1. The fourth-order valence-electron chi connectivity index (χ4n) is 0.694. The van der Waals surface area contributed by atoms with E-state index in [0.717, 1.165) is 0 Å². The van der Waals surface area contributed by atoms with Crippen LogP contribution >= 0.6 is 11.6 Å². The highest BCUT2D eigenvalue weighted by molar-refractivity contribution is 6.21. The average Bonchev–Trinajstić information content (AvgIpc) is 2.67. The van der Waals surface area contributed by atoms with E-state index in [1.807, 2.05) is 25.1 Å². The molecule has 0 aliphatic carbocycles. The van der Waals surface area contributed by atoms with Crippen LogP contribution in [0.5, 0.6) is 0 Å². The summed E-state index contributed by atoms with van der Waals surface area (Å²) >= 11 is 5.31. The average molecular weight is 185 g/mol. The van der Waals surface area contributed by atoms with Crippen LogP contribution in [0, 0.1) is 6.92 Å². The van der Waals surface area contributed by atoms with E-state index in [2.05, 4.69) is 23.8 Å². The molecule has 12 heavy (non-hydrogen) atoms. The van der Waals surface area contributed by atoms with Crippen molar-refractivity contribution < 1.29 is 4.74 Å². The molecule has 1 saturated heterocycles. The van der Waals surface area contributed by atoms with Crippen molar-refractivity contribution in [3.8, 4) is 0 Å². The topological polar surface area (TPSA) is 12.5 Å². The number of rotatable bonds is 0. The maximum Gasteiger partial charge on any atom is 0.157 e. The molecule has 1 fully saturated rings. The number of hydrogen-bond acceptors (Lipinski definition) is 1. The normalized spacial score (nSPS) is 25.6. The Morgan fingerprint density at radius 1 is 1.25 bits per heavy atom. The van der Waals surface area contributed by atoms with Gasteiger partial charge in [-0.15, -0.1) is 0 Å². The summed E-state index contributed by atoms with van der Waals surface area (Å²) in [6.45, 7) is 4.03. The third-order valence-electron chi connectivity index (χ3n) is 1.58. The lowest BCUT2D eigenvalue weighted by molar-refractivity contribution is 0.411. The van der Waals surface area contributed by atoms with E-state index < -0.39 is 0 Å². The van der Waals surface area contributed by atoms with Gasteiger partial charge in [0, 0.05) is 0 Å². The number of benzene rings is 1. The zero-order valence-electron chi connectivity index (χ0n) is 7.33. The summed E-state index contributed by atoms with van der Waals surface area (Å²) in [6, 6.07) is 10.3. The molecule has 2 heteroatoms. The first-order chi connectivity index (χ1) is 5.70. The molecular weight excluding hydrogens is 172 g/mol. The third kappa shape index (κ3) is 3.74. The number of epoxide rings is 1. The molecule has 1 aromatic rings. The summed E-state index contributed by atoms with van der Waals surface area (Å²) in [5.74, 6) is 0. The molecule has 66 valence electrons. The Hall–Kier alpha value is -0.530. The van der Waals surface area contributed by atoms with Crippen molar-refractivity contribution in [2.45, 2.75) is 25.5 Å². The highest BCUT2D eigenvalue weighted by Gasteiger charge is 2.30. The van der Waals surface area contributed by atoms with E-state index in [4.69, 9.17) is 11.6 Å². The number of aryl methyl sites for hydroxylation is 1. The van der Waals surface area contributed by atoms with Gasteiger partial charge in [0.15, 0.2) is 5.56 Å². The lowest BCUT2D eigenvalue weighted by Crippen LogP contribution is -1.69. The predicted octanol–water partition coefficient (Wildman–Crippen LogP) is 2.97. The maximum atomic E-state index is 5.31. The molecular formula is C10H13ClO. The molecule has 2 rings (SSSR count). The van der Waals surface area contributed by atoms with Crippen LogP contribution in [0.15, 0.2) is 30.3 Å². The molecule has 1 aromatic carbocycles. The summed E-state index contributed by atoms with van der Waals surface area (Å²) in [6.07, 6.45) is 0.316. The van der Waals surface area contributed by atoms with Crippen molar-refractivity contribution >= 4 is 11.6 Å². The molecule has 0 bridgehead atoms. The van der Waals surface area contributed by atoms with E-state index in [9.17, 15) is 0 Å². The maximum absolute atomic E-state index is 5.31. The molecule has 2 unspecified atom stereocenters. The Labute approximate surface area is 78.3 Å². The van der Waals surface area contributed by atoms with Crippen molar-refractivity contribution in [3.63, 3.8) is 0 Å². The molecule has 1 heterocycles. The molecule has 0 spiro atoms. The summed E-state index contributed by atoms with van der Waals surface area (Å²) in [5, 5.41) is 0. The van der Waals surface area contributed by atoms with Gasteiger partial charge in [0.25, 0.3) is 0 Å². The van der Waals surface area contributed by atoms with Gasteiger partial charge >= 0.3 is 0 Å². The fourth-order valence-corrected chi connectivity index (χ4v) is 0.856. The second kappa shape index (κ2) is 4.48. The van der Waals surface area contributed by atoms with Crippen molar-refractivity contribution in [2.24, 2.45) is 0 Å². The second-order valence-electron chi connectivity index (χ2n) is 2.85. The molecule has 0 radical (unpaired) electrons. The van der Waals surface area contributed by atoms with Crippen molar-refractivity contribution in [3.05, 3.63) is 35.9 Å². The van der Waals surface area contributed by atoms with Gasteiger partial charge in [0.1, 0.15) is 0 Å². The Morgan fingerprint density at radius 3 is 1.83 bits per heavy atom. The summed E-state index contributed by atoms with van der Waals surface area (Å²) < 4.78 is 4.68. The zero-order valence-corrected chi connectivity index (χ0v) is 8.08. The minimum atomic E-state index is 0.0231. The van der Waals surface area contributed by atoms with E-state index in [-0.39, 0.29) is 5.56 Å². The minimum absolute atomic E-state index is 0.0231. The highest BCUT2D eigenvalue weighted by atomic mass is 35.5. The quantitative estimate of drug-likeness (QED) is 0.446. The van der Waals surface area contributed by atoms with E-state index >= 15 is 0 Å². The predicted molar refractivity (Wildman–Crippen MR) is 51.4 cm³/mol. The lowest BCUT2D eigenvalue weighted by Gasteiger charge is -1.82. The molecule has 1 nitrogen and oxygen atoms in total. The molecule has 1 aliphatic rings. The smallest absolute Gasteiger partial charge is 0.157 e. The van der Waals surface area contributed by atoms with Gasteiger partial charge < -0.3 is 4.74 Å². The Balaban J connectivity index is 0.000000127. The second-order valence-corrected chi connectivity index (χ2v) is 3.28. The van der Waals surface area contributed by atoms with Gasteiger partial charge in [0.05, 0.1) is 6.10 Å². The van der Waals surface area contributed by atoms with Crippen LogP contribution in [-0.4, -0.2) is 11.7 Å². The van der Waals surface area contributed by atoms with Crippen LogP contribution in [0.25, 0.3) is 0 Å². The van der Waals surface area contributed by atoms with Crippen molar-refractivity contribution in [2.75, 3.05) is 0 Å². The minimum Gasteiger partial charge on any atom is -0.353 e. The first kappa shape index (κ1) is 9.56. The van der Waals surface area contributed by atoms with Crippen LogP contribution in [0.3, 0.4) is 0 Å². The van der Waals surface area contributed by atoms with E-state index in [0.29, 0.717) is 6.10 Å². The molecule has 1 aliphatic heterocycles. The number of hydrogen-bond donors (Lipinski definition) is 0. The van der Waals surface area contributed by atoms with Gasteiger partial charge in [-0.25, -0.2) is 0 Å². The monoisotopic (exact) mass is 184 g/mol. The first-order valence-corrected chi connectivity index (χ1v) is 4.45. The summed E-state index contributed by atoms with van der Waals surface area (Å²) in [4.78, 5) is 0. The van der Waals surface area contributed by atoms with Gasteiger partial charge in [-0.2, -0.15) is 0 Å². The fraction of sp³-hybridized carbons (Fsp3) is 0.400. The standard InChI is InChI=1S/C7H8.C3H5ClO/c1-7-5-3-2-4-6-7;1-2-3(4)5-2/h2-6H,1H3;2-3H,1H3. The number of alkyl halides is 1. The van der Waals surface area contributed by atoms with Crippen LogP contribution in [0.2, 0.25) is 0 Å². The van der Waals surface area contributed by atoms with E-state index in [1.165, 1.54) is 5.56 Å². The summed E-state index contributed by atoms with van der Waals surface area (Å²) in [5.41, 5.74) is 1.34. The van der Waals surface area contributed by atoms with Crippen molar-refractivity contribution in [1.82, 2.24) is 0 Å². The first-order valence-electron chi connectivity index (χ1n) is 4.01. The Morgan fingerprint density at radius 2 is 1.67 bits per heavy atom. The molecule has 0 aromatic heterocycles. The highest BCUT2D eigenvalue weighted by Crippen LogP contribution is 2.23. The SMILES string of the molecule is CC1OC1Cl.Cc1ccccc1. The number of halogens is 1. The van der Waals surface area contributed by atoms with Gasteiger partial charge in [-0.3, -0.25) is 0 Å². The molecule has 0 N–H and O–H groups in total. The van der Waals surface area contributed by atoms with Crippen molar-refractivity contribution in [1.29, 1.82) is 0 Å². The molecule has 2 atom stereocenters. The molecule has 0 amide bonds. The van der Waals surface area contributed by atoms with Gasteiger partial charge in [-0.1, -0.05) is 47.5 Å². The zero-order chi connectivity index (χ0) is 8.97. The lowest BCUT2D eigenvalue weighted by atomic mass is 10.2. The van der Waals surface area contributed by atoms with Crippen LogP contribution in [0.1, 0.15) is 12.5 Å². The summed E-state index contributed by atoms with van der Waals surface area (Å²) in [7, 11) is 0. The van der Waals surface area contributed by atoms with Crippen LogP contribution in [-0.2, 0) is 4.74 Å². The van der Waals surface area contributed by atoms with Gasteiger partial charge in [-0.05, 0) is 13.8 Å². The largest absolute Gasteiger partial charge is 0.353 e. The van der Waals surface area contributed by atoms with Crippen LogP contribution in [0.4, 0.5) is 0 Å². The Kier molecular flexibility index (Phi) is 3.57.